The maximum Gasteiger partial charge on any atom is 0.484 e. The summed E-state index contributed by atoms with van der Waals surface area (Å²) in [5.41, 5.74) is 0. The van der Waals surface area contributed by atoms with Crippen LogP contribution >= 0.6 is 0 Å². The Hall–Kier alpha value is -0.523. The molecule has 0 saturated carbocycles. The Bertz CT molecular complexity index is 167. The molecule has 0 aromatic rings. The van der Waals surface area contributed by atoms with Crippen molar-refractivity contribution in [1.29, 1.82) is 0 Å². The van der Waals surface area contributed by atoms with Gasteiger partial charge in [-0.05, 0) is 20.3 Å². The Morgan fingerprint density at radius 2 is 1.86 bits per heavy atom. The third kappa shape index (κ3) is 8.09. The van der Waals surface area contributed by atoms with Gasteiger partial charge in [0.25, 0.3) is 0 Å². The summed E-state index contributed by atoms with van der Waals surface area (Å²) < 4.78 is 15.9. The summed E-state index contributed by atoms with van der Waals surface area (Å²) in [6.45, 7) is 5.97. The van der Waals surface area contributed by atoms with Crippen LogP contribution in [0, 0.1) is 0 Å². The van der Waals surface area contributed by atoms with Crippen LogP contribution in [-0.2, 0) is 18.1 Å². The van der Waals surface area contributed by atoms with Crippen molar-refractivity contribution in [2.75, 3.05) is 26.4 Å². The predicted molar refractivity (Wildman–Crippen MR) is 54.0 cm³/mol. The molecule has 0 aliphatic rings. The summed E-state index contributed by atoms with van der Waals surface area (Å²) >= 11 is 0. The minimum Gasteiger partial charge on any atom is -0.376 e. The second-order valence-electron chi connectivity index (χ2n) is 2.40. The monoisotopic (exact) mass is 219 g/mol. The normalized spacial score (nSPS) is 10.2. The summed E-state index contributed by atoms with van der Waals surface area (Å²) in [5.74, 6) is 0. The zero-order valence-corrected chi connectivity index (χ0v) is 9.85. The van der Waals surface area contributed by atoms with E-state index in [4.69, 9.17) is 13.3 Å². The molecule has 0 aromatic carbocycles. The molecular weight excluding hydrogens is 202 g/mol. The van der Waals surface area contributed by atoms with Gasteiger partial charge in [0.1, 0.15) is 0 Å². The fourth-order valence-corrected chi connectivity index (χ4v) is 1.98. The largest absolute Gasteiger partial charge is 0.484 e. The molecule has 14 heavy (non-hydrogen) atoms. The van der Waals surface area contributed by atoms with Gasteiger partial charge < -0.3 is 13.3 Å². The van der Waals surface area contributed by atoms with Crippen LogP contribution in [0.3, 0.4) is 0 Å². The van der Waals surface area contributed by atoms with Gasteiger partial charge in [-0.3, -0.25) is 0 Å². The Balaban J connectivity index is 3.44. The minimum absolute atomic E-state index is 0.447. The number of rotatable bonds is 9. The second kappa shape index (κ2) is 10.6. The molecule has 0 heterocycles. The van der Waals surface area contributed by atoms with Crippen molar-refractivity contribution in [2.45, 2.75) is 20.3 Å². The van der Waals surface area contributed by atoms with Crippen LogP contribution in [0.2, 0.25) is 0 Å². The second-order valence-corrected chi connectivity index (χ2v) is 3.97. The highest BCUT2D eigenvalue weighted by molar-refractivity contribution is 6.36. The average molecular weight is 219 g/mol. The number of nitrogens with zero attached hydrogens (tertiary/aromatic N) is 1. The summed E-state index contributed by atoms with van der Waals surface area (Å²) in [6, 6.07) is 0. The van der Waals surface area contributed by atoms with Crippen molar-refractivity contribution in [1.82, 2.24) is 0 Å². The molecule has 6 heteroatoms. The van der Waals surface area contributed by atoms with E-state index in [1.807, 2.05) is 13.8 Å². The Morgan fingerprint density at radius 3 is 2.36 bits per heavy atom. The highest BCUT2D eigenvalue weighted by Crippen LogP contribution is 1.94. The zero-order valence-electron chi connectivity index (χ0n) is 8.69. The summed E-state index contributed by atoms with van der Waals surface area (Å²) in [6.07, 6.45) is 2.17. The molecule has 0 spiro atoms. The van der Waals surface area contributed by atoms with E-state index in [1.54, 1.807) is 0 Å². The number of aliphatic imine (C=N–C) groups is 1. The molecule has 0 radical (unpaired) electrons. The van der Waals surface area contributed by atoms with Gasteiger partial charge in [-0.1, -0.05) is 0 Å². The molecule has 0 rings (SSSR count). The van der Waals surface area contributed by atoms with E-state index in [2.05, 4.69) is 4.99 Å². The highest BCUT2D eigenvalue weighted by atomic mass is 28.3. The van der Waals surface area contributed by atoms with Crippen LogP contribution in [0.1, 0.15) is 20.3 Å². The van der Waals surface area contributed by atoms with Crippen LogP contribution in [0.4, 0.5) is 0 Å². The molecule has 82 valence electrons. The van der Waals surface area contributed by atoms with Gasteiger partial charge >= 0.3 is 9.53 Å². The fourth-order valence-electron chi connectivity index (χ4n) is 0.785. The standard InChI is InChI=1S/C8H17NO4Si/c1-3-11-14(12-4-2)13-7-5-6-9-8-10/h14H,3-7H2,1-2H3. The molecule has 0 aromatic heterocycles. The SMILES string of the molecule is CCO[SiH](OCC)OCCCN=C=O. The number of carbonyl (C=O) groups excluding carboxylic acids is 1. The van der Waals surface area contributed by atoms with Crippen molar-refractivity contribution < 1.29 is 18.1 Å². The Kier molecular flexibility index (Phi) is 10.2. The lowest BCUT2D eigenvalue weighted by molar-refractivity contribution is 0.102. The van der Waals surface area contributed by atoms with Gasteiger partial charge in [-0.2, -0.15) is 0 Å². The van der Waals surface area contributed by atoms with Crippen LogP contribution in [0.15, 0.2) is 4.99 Å². The third-order valence-corrected chi connectivity index (χ3v) is 3.06. The molecule has 0 amide bonds. The Labute approximate surface area is 86.0 Å². The lowest BCUT2D eigenvalue weighted by Crippen LogP contribution is -2.27. The van der Waals surface area contributed by atoms with Crippen molar-refractivity contribution >= 4 is 15.6 Å². The molecule has 0 atom stereocenters. The molecule has 0 N–H and O–H groups in total. The number of hydrogen-bond acceptors (Lipinski definition) is 5. The van der Waals surface area contributed by atoms with Crippen LogP contribution in [0.5, 0.6) is 0 Å². The first-order valence-corrected chi connectivity index (χ1v) is 6.15. The van der Waals surface area contributed by atoms with E-state index in [0.717, 1.165) is 0 Å². The predicted octanol–water partition coefficient (Wildman–Crippen LogP) is 0.519. The van der Waals surface area contributed by atoms with Crippen LogP contribution in [0.25, 0.3) is 0 Å². The molecule has 0 bridgehead atoms. The van der Waals surface area contributed by atoms with E-state index in [1.165, 1.54) is 6.08 Å². The molecular formula is C8H17NO4Si. The molecule has 0 saturated heterocycles. The minimum atomic E-state index is -1.93. The van der Waals surface area contributed by atoms with Crippen molar-refractivity contribution in [3.63, 3.8) is 0 Å². The average Bonchev–Trinajstić information content (AvgIpc) is 2.18. The number of hydrogen-bond donors (Lipinski definition) is 0. The quantitative estimate of drug-likeness (QED) is 0.245. The lowest BCUT2D eigenvalue weighted by atomic mass is 10.5. The van der Waals surface area contributed by atoms with Gasteiger partial charge in [0.2, 0.25) is 6.08 Å². The van der Waals surface area contributed by atoms with E-state index in [9.17, 15) is 4.79 Å². The summed E-state index contributed by atoms with van der Waals surface area (Å²) in [4.78, 5) is 13.1. The highest BCUT2D eigenvalue weighted by Gasteiger charge is 2.12. The van der Waals surface area contributed by atoms with Gasteiger partial charge in [0, 0.05) is 19.8 Å². The maximum absolute atomic E-state index is 9.73. The van der Waals surface area contributed by atoms with Gasteiger partial charge in [-0.15, -0.1) is 0 Å². The van der Waals surface area contributed by atoms with E-state index < -0.39 is 9.53 Å². The van der Waals surface area contributed by atoms with Crippen molar-refractivity contribution in [3.8, 4) is 0 Å². The van der Waals surface area contributed by atoms with Crippen LogP contribution in [-0.4, -0.2) is 42.0 Å². The summed E-state index contributed by atoms with van der Waals surface area (Å²) in [5, 5.41) is 0. The molecule has 0 aliphatic heterocycles. The Morgan fingerprint density at radius 1 is 1.21 bits per heavy atom. The van der Waals surface area contributed by atoms with Gasteiger partial charge in [-0.25, -0.2) is 9.79 Å². The first-order chi connectivity index (χ1) is 6.85. The first kappa shape index (κ1) is 13.5. The first-order valence-electron chi connectivity index (χ1n) is 4.73. The van der Waals surface area contributed by atoms with Gasteiger partial charge in [0.15, 0.2) is 0 Å². The molecule has 0 aliphatic carbocycles. The maximum atomic E-state index is 9.73. The zero-order chi connectivity index (χ0) is 10.6. The van der Waals surface area contributed by atoms with Gasteiger partial charge in [0.05, 0.1) is 6.54 Å². The van der Waals surface area contributed by atoms with E-state index >= 15 is 0 Å². The van der Waals surface area contributed by atoms with E-state index in [-0.39, 0.29) is 0 Å². The van der Waals surface area contributed by atoms with Crippen LogP contribution < -0.4 is 0 Å². The van der Waals surface area contributed by atoms with E-state index in [0.29, 0.717) is 32.8 Å². The molecule has 5 nitrogen and oxygen atoms in total. The molecule has 0 fully saturated rings. The summed E-state index contributed by atoms with van der Waals surface area (Å²) in [7, 11) is -1.93. The number of isocyanates is 1. The fraction of sp³-hybridized carbons (Fsp3) is 0.875. The lowest BCUT2D eigenvalue weighted by Gasteiger charge is -2.14. The van der Waals surface area contributed by atoms with Crippen molar-refractivity contribution in [3.05, 3.63) is 0 Å². The smallest absolute Gasteiger partial charge is 0.376 e. The van der Waals surface area contributed by atoms with Crippen molar-refractivity contribution in [2.24, 2.45) is 4.99 Å². The molecule has 0 unspecified atom stereocenters. The topological polar surface area (TPSA) is 57.1 Å². The third-order valence-electron chi connectivity index (χ3n) is 1.34.